The lowest BCUT2D eigenvalue weighted by Gasteiger charge is -2.14. The molecule has 0 unspecified atom stereocenters. The fourth-order valence-electron chi connectivity index (χ4n) is 3.70. The van der Waals surface area contributed by atoms with Crippen molar-refractivity contribution >= 4 is 11.1 Å². The van der Waals surface area contributed by atoms with Crippen LogP contribution in [0, 0.1) is 13.8 Å². The molecule has 0 saturated carbocycles. The van der Waals surface area contributed by atoms with Gasteiger partial charge in [-0.1, -0.05) is 42.5 Å². The van der Waals surface area contributed by atoms with E-state index in [4.69, 9.17) is 9.40 Å². The van der Waals surface area contributed by atoms with Crippen molar-refractivity contribution in [1.29, 1.82) is 0 Å². The zero-order valence-electron chi connectivity index (χ0n) is 15.8. The molecular weight excluding hydrogens is 346 g/mol. The van der Waals surface area contributed by atoms with Crippen LogP contribution >= 0.6 is 0 Å². The fraction of sp³-hybridized carbons (Fsp3) is 0.0833. The first kappa shape index (κ1) is 16.5. The van der Waals surface area contributed by atoms with Crippen LogP contribution in [0.4, 0.5) is 0 Å². The number of hydrogen-bond donors (Lipinski definition) is 0. The molecule has 0 aliphatic carbocycles. The van der Waals surface area contributed by atoms with Crippen molar-refractivity contribution in [1.82, 2.24) is 14.5 Å². The van der Waals surface area contributed by atoms with Gasteiger partial charge < -0.3 is 4.42 Å². The number of aromatic nitrogens is 3. The van der Waals surface area contributed by atoms with E-state index >= 15 is 0 Å². The largest absolute Gasteiger partial charge is 0.436 e. The predicted octanol–water partition coefficient (Wildman–Crippen LogP) is 5.96. The number of benzene rings is 3. The lowest BCUT2D eigenvalue weighted by molar-refractivity contribution is 0.620. The Morgan fingerprint density at radius 3 is 2.36 bits per heavy atom. The van der Waals surface area contributed by atoms with Crippen molar-refractivity contribution < 1.29 is 4.42 Å². The first-order valence-electron chi connectivity index (χ1n) is 9.27. The third-order valence-electron chi connectivity index (χ3n) is 5.00. The van der Waals surface area contributed by atoms with Gasteiger partial charge in [-0.25, -0.2) is 9.97 Å². The minimum atomic E-state index is 0.619. The Hall–Kier alpha value is -3.66. The molecule has 4 heteroatoms. The molecule has 28 heavy (non-hydrogen) atoms. The summed E-state index contributed by atoms with van der Waals surface area (Å²) in [5, 5.41) is 0. The predicted molar refractivity (Wildman–Crippen MR) is 111 cm³/mol. The Balaban J connectivity index is 1.72. The van der Waals surface area contributed by atoms with Crippen molar-refractivity contribution in [2.24, 2.45) is 0 Å². The highest BCUT2D eigenvalue weighted by Crippen LogP contribution is 2.33. The lowest BCUT2D eigenvalue weighted by atomic mass is 10.1. The Morgan fingerprint density at radius 2 is 1.57 bits per heavy atom. The van der Waals surface area contributed by atoms with Crippen molar-refractivity contribution in [3.63, 3.8) is 0 Å². The maximum atomic E-state index is 6.04. The number of oxazole rings is 1. The second-order valence-electron chi connectivity index (χ2n) is 6.90. The molecule has 0 spiro atoms. The Bertz CT molecular complexity index is 1260. The molecule has 0 atom stereocenters. The molecule has 0 N–H and O–H groups in total. The molecule has 0 amide bonds. The van der Waals surface area contributed by atoms with E-state index < -0.39 is 0 Å². The molecule has 136 valence electrons. The van der Waals surface area contributed by atoms with Gasteiger partial charge in [0.15, 0.2) is 5.58 Å². The smallest absolute Gasteiger partial charge is 0.227 e. The van der Waals surface area contributed by atoms with E-state index in [0.717, 1.165) is 33.7 Å². The lowest BCUT2D eigenvalue weighted by Crippen LogP contribution is -2.01. The van der Waals surface area contributed by atoms with Gasteiger partial charge in [0.25, 0.3) is 0 Å². The van der Waals surface area contributed by atoms with Crippen LogP contribution < -0.4 is 0 Å². The van der Waals surface area contributed by atoms with Gasteiger partial charge >= 0.3 is 0 Å². The van der Waals surface area contributed by atoms with Crippen LogP contribution in [-0.4, -0.2) is 14.5 Å². The SMILES string of the molecule is Cc1cccc(C)c1-n1ccnc1-c1cccc2oc(-c3ccccc3)nc12. The maximum Gasteiger partial charge on any atom is 0.227 e. The van der Waals surface area contributed by atoms with Gasteiger partial charge in [-0.2, -0.15) is 0 Å². The average molecular weight is 365 g/mol. The standard InChI is InChI=1S/C24H19N3O/c1-16-8-6-9-17(2)22(16)27-15-14-25-23(27)19-12-7-13-20-21(19)26-24(28-20)18-10-4-3-5-11-18/h3-15H,1-2H3. The second kappa shape index (κ2) is 6.50. The summed E-state index contributed by atoms with van der Waals surface area (Å²) in [7, 11) is 0. The Morgan fingerprint density at radius 1 is 0.821 bits per heavy atom. The summed E-state index contributed by atoms with van der Waals surface area (Å²) >= 11 is 0. The third kappa shape index (κ3) is 2.62. The second-order valence-corrected chi connectivity index (χ2v) is 6.90. The molecule has 5 aromatic rings. The zero-order chi connectivity index (χ0) is 19.1. The van der Waals surface area contributed by atoms with Gasteiger partial charge in [-0.05, 0) is 49.2 Å². The maximum absolute atomic E-state index is 6.04. The van der Waals surface area contributed by atoms with E-state index in [0.29, 0.717) is 5.89 Å². The van der Waals surface area contributed by atoms with Crippen LogP contribution in [0.25, 0.3) is 39.6 Å². The van der Waals surface area contributed by atoms with E-state index in [1.807, 2.05) is 60.9 Å². The molecule has 0 aliphatic heterocycles. The molecule has 3 aromatic carbocycles. The summed E-state index contributed by atoms with van der Waals surface area (Å²) in [4.78, 5) is 9.46. The Kier molecular flexibility index (Phi) is 3.83. The molecular formula is C24H19N3O. The van der Waals surface area contributed by atoms with E-state index in [9.17, 15) is 0 Å². The van der Waals surface area contributed by atoms with Gasteiger partial charge in [0.05, 0.1) is 5.69 Å². The summed E-state index contributed by atoms with van der Waals surface area (Å²) in [6, 6.07) is 22.3. The topological polar surface area (TPSA) is 43.9 Å². The van der Waals surface area contributed by atoms with Gasteiger partial charge in [0.2, 0.25) is 5.89 Å². The molecule has 0 bridgehead atoms. The minimum absolute atomic E-state index is 0.619. The molecule has 0 saturated heterocycles. The summed E-state index contributed by atoms with van der Waals surface area (Å²) in [6.07, 6.45) is 3.83. The third-order valence-corrected chi connectivity index (χ3v) is 5.00. The average Bonchev–Trinajstić information content (AvgIpc) is 3.35. The van der Waals surface area contributed by atoms with Crippen molar-refractivity contribution in [3.8, 4) is 28.5 Å². The van der Waals surface area contributed by atoms with E-state index in [1.54, 1.807) is 0 Å². The molecule has 0 aliphatic rings. The molecule has 0 radical (unpaired) electrons. The number of imidazole rings is 1. The first-order chi connectivity index (χ1) is 13.7. The molecule has 0 fully saturated rings. The zero-order valence-corrected chi connectivity index (χ0v) is 15.8. The number of rotatable bonds is 3. The summed E-state index contributed by atoms with van der Waals surface area (Å²) in [5.74, 6) is 1.48. The van der Waals surface area contributed by atoms with Crippen LogP contribution in [0.3, 0.4) is 0 Å². The number of nitrogens with zero attached hydrogens (tertiary/aromatic N) is 3. The molecule has 4 nitrogen and oxygen atoms in total. The van der Waals surface area contributed by atoms with Gasteiger partial charge in [-0.3, -0.25) is 4.57 Å². The number of hydrogen-bond acceptors (Lipinski definition) is 3. The van der Waals surface area contributed by atoms with Gasteiger partial charge in [0, 0.05) is 23.5 Å². The minimum Gasteiger partial charge on any atom is -0.436 e. The van der Waals surface area contributed by atoms with E-state index in [1.165, 1.54) is 11.1 Å². The van der Waals surface area contributed by atoms with Crippen molar-refractivity contribution in [3.05, 3.63) is 90.3 Å². The van der Waals surface area contributed by atoms with Crippen molar-refractivity contribution in [2.45, 2.75) is 13.8 Å². The van der Waals surface area contributed by atoms with Crippen molar-refractivity contribution in [2.75, 3.05) is 0 Å². The summed E-state index contributed by atoms with van der Waals surface area (Å²) in [5.41, 5.74) is 7.05. The first-order valence-corrected chi connectivity index (χ1v) is 9.27. The highest BCUT2D eigenvalue weighted by molar-refractivity contribution is 5.90. The highest BCUT2D eigenvalue weighted by atomic mass is 16.3. The van der Waals surface area contributed by atoms with Crippen LogP contribution in [-0.2, 0) is 0 Å². The quantitative estimate of drug-likeness (QED) is 0.396. The van der Waals surface area contributed by atoms with E-state index in [2.05, 4.69) is 41.6 Å². The monoisotopic (exact) mass is 365 g/mol. The normalized spacial score (nSPS) is 11.2. The highest BCUT2D eigenvalue weighted by Gasteiger charge is 2.17. The molecule has 2 aromatic heterocycles. The summed E-state index contributed by atoms with van der Waals surface area (Å²) < 4.78 is 8.17. The van der Waals surface area contributed by atoms with Crippen LogP contribution in [0.2, 0.25) is 0 Å². The van der Waals surface area contributed by atoms with Crippen LogP contribution in [0.5, 0.6) is 0 Å². The van der Waals surface area contributed by atoms with Crippen LogP contribution in [0.1, 0.15) is 11.1 Å². The van der Waals surface area contributed by atoms with Gasteiger partial charge in [-0.15, -0.1) is 0 Å². The van der Waals surface area contributed by atoms with E-state index in [-0.39, 0.29) is 0 Å². The summed E-state index contributed by atoms with van der Waals surface area (Å²) in [6.45, 7) is 4.24. The molecule has 5 rings (SSSR count). The molecule has 2 heterocycles. The van der Waals surface area contributed by atoms with Crippen LogP contribution in [0.15, 0.2) is 83.5 Å². The van der Waals surface area contributed by atoms with Gasteiger partial charge in [0.1, 0.15) is 11.3 Å². The fourth-order valence-corrected chi connectivity index (χ4v) is 3.70. The number of aryl methyl sites for hydroxylation is 2. The Labute approximate surface area is 163 Å². The number of para-hydroxylation sites is 2. The number of fused-ring (bicyclic) bond motifs is 1.